The lowest BCUT2D eigenvalue weighted by Gasteiger charge is -2.08. The van der Waals surface area contributed by atoms with Crippen molar-refractivity contribution in [3.8, 4) is 0 Å². The topological polar surface area (TPSA) is 0 Å². The number of aryl methyl sites for hydroxylation is 1. The van der Waals surface area contributed by atoms with Gasteiger partial charge in [0.2, 0.25) is 0 Å². The highest BCUT2D eigenvalue weighted by molar-refractivity contribution is 6.30. The van der Waals surface area contributed by atoms with Gasteiger partial charge in [0.25, 0.3) is 0 Å². The van der Waals surface area contributed by atoms with Crippen LogP contribution in [-0.4, -0.2) is 6.18 Å². The van der Waals surface area contributed by atoms with Crippen molar-refractivity contribution in [2.75, 3.05) is 0 Å². The summed E-state index contributed by atoms with van der Waals surface area (Å²) in [4.78, 5) is 0. The zero-order chi connectivity index (χ0) is 10.1. The van der Waals surface area contributed by atoms with E-state index in [2.05, 4.69) is 0 Å². The van der Waals surface area contributed by atoms with E-state index in [1.165, 1.54) is 18.2 Å². The van der Waals surface area contributed by atoms with Crippen LogP contribution in [0, 0.1) is 6.92 Å². The van der Waals surface area contributed by atoms with Crippen LogP contribution in [0.25, 0.3) is 0 Å². The molecule has 0 fully saturated rings. The summed E-state index contributed by atoms with van der Waals surface area (Å²) in [6, 6.07) is 4.41. The molecule has 0 aliphatic rings. The Bertz CT molecular complexity index is 304. The van der Waals surface area contributed by atoms with Crippen molar-refractivity contribution in [3.63, 3.8) is 0 Å². The molecule has 0 N–H and O–H groups in total. The molecule has 1 aromatic carbocycles. The first-order valence-corrected chi connectivity index (χ1v) is 4.08. The summed E-state index contributed by atoms with van der Waals surface area (Å²) < 4.78 is 36.0. The minimum Gasteiger partial charge on any atom is -0.171 e. The molecule has 0 bridgehead atoms. The van der Waals surface area contributed by atoms with E-state index >= 15 is 0 Å². The van der Waals surface area contributed by atoms with Crippen molar-refractivity contribution in [3.05, 3.63) is 34.3 Å². The number of hydrogen-bond acceptors (Lipinski definition) is 0. The predicted molar refractivity (Wildman–Crippen MR) is 45.9 cm³/mol. The van der Waals surface area contributed by atoms with Crippen molar-refractivity contribution < 1.29 is 13.2 Å². The lowest BCUT2D eigenvalue weighted by Crippen LogP contribution is -2.12. The van der Waals surface area contributed by atoms with Gasteiger partial charge in [0.1, 0.15) is 0 Å². The third kappa shape index (κ3) is 3.27. The molecule has 0 amide bonds. The molecule has 0 aromatic heterocycles. The molecule has 0 spiro atoms. The minimum atomic E-state index is -4.15. The van der Waals surface area contributed by atoms with E-state index in [-0.39, 0.29) is 5.56 Å². The molecular formula is C9H8ClF3. The molecular weight excluding hydrogens is 201 g/mol. The number of benzene rings is 1. The fraction of sp³-hybridized carbons (Fsp3) is 0.333. The van der Waals surface area contributed by atoms with E-state index in [1.54, 1.807) is 6.92 Å². The Morgan fingerprint density at radius 2 is 1.92 bits per heavy atom. The molecule has 0 saturated carbocycles. The van der Waals surface area contributed by atoms with Gasteiger partial charge in [0.15, 0.2) is 0 Å². The molecule has 4 heteroatoms. The predicted octanol–water partition coefficient (Wildman–Crippen LogP) is 3.75. The Morgan fingerprint density at radius 3 is 2.38 bits per heavy atom. The van der Waals surface area contributed by atoms with Crippen molar-refractivity contribution in [2.24, 2.45) is 0 Å². The fourth-order valence-corrected chi connectivity index (χ4v) is 1.30. The van der Waals surface area contributed by atoms with Crippen molar-refractivity contribution in [1.82, 2.24) is 0 Å². The Morgan fingerprint density at radius 1 is 1.31 bits per heavy atom. The van der Waals surface area contributed by atoms with E-state index in [4.69, 9.17) is 11.6 Å². The van der Waals surface area contributed by atoms with Gasteiger partial charge in [0.05, 0.1) is 6.42 Å². The van der Waals surface area contributed by atoms with Gasteiger partial charge in [0, 0.05) is 5.02 Å². The van der Waals surface area contributed by atoms with Gasteiger partial charge in [-0.3, -0.25) is 0 Å². The van der Waals surface area contributed by atoms with Crippen LogP contribution in [0.1, 0.15) is 11.1 Å². The fourth-order valence-electron chi connectivity index (χ4n) is 1.07. The van der Waals surface area contributed by atoms with Gasteiger partial charge < -0.3 is 0 Å². The van der Waals surface area contributed by atoms with E-state index < -0.39 is 12.6 Å². The van der Waals surface area contributed by atoms with Gasteiger partial charge in [-0.15, -0.1) is 0 Å². The average molecular weight is 209 g/mol. The third-order valence-corrected chi connectivity index (χ3v) is 1.93. The van der Waals surface area contributed by atoms with Gasteiger partial charge in [-0.25, -0.2) is 0 Å². The largest absolute Gasteiger partial charge is 0.393 e. The van der Waals surface area contributed by atoms with Gasteiger partial charge in [-0.05, 0) is 30.2 Å². The lowest BCUT2D eigenvalue weighted by atomic mass is 10.1. The molecule has 72 valence electrons. The van der Waals surface area contributed by atoms with Crippen molar-refractivity contribution in [2.45, 2.75) is 19.5 Å². The van der Waals surface area contributed by atoms with Crippen LogP contribution >= 0.6 is 11.6 Å². The molecule has 0 aliphatic carbocycles. The maximum absolute atomic E-state index is 12.0. The Labute approximate surface area is 79.3 Å². The average Bonchev–Trinajstić information content (AvgIpc) is 1.93. The number of halogens is 4. The smallest absolute Gasteiger partial charge is 0.171 e. The summed E-state index contributed by atoms with van der Waals surface area (Å²) in [5.74, 6) is 0. The number of hydrogen-bond donors (Lipinski definition) is 0. The molecule has 0 heterocycles. The van der Waals surface area contributed by atoms with E-state index in [0.29, 0.717) is 10.6 Å². The summed E-state index contributed by atoms with van der Waals surface area (Å²) in [5, 5.41) is 0.462. The first kappa shape index (κ1) is 10.4. The Hall–Kier alpha value is -0.700. The summed E-state index contributed by atoms with van der Waals surface area (Å²) in [6.07, 6.45) is -5.05. The Kier molecular flexibility index (Phi) is 2.86. The van der Waals surface area contributed by atoms with Gasteiger partial charge in [-0.2, -0.15) is 13.2 Å². The van der Waals surface area contributed by atoms with Crippen molar-refractivity contribution in [1.29, 1.82) is 0 Å². The Balaban J connectivity index is 2.90. The van der Waals surface area contributed by atoms with Gasteiger partial charge >= 0.3 is 6.18 Å². The molecule has 0 radical (unpaired) electrons. The summed E-state index contributed by atoms with van der Waals surface area (Å²) >= 11 is 5.61. The lowest BCUT2D eigenvalue weighted by molar-refractivity contribution is -0.127. The van der Waals surface area contributed by atoms with Crippen LogP contribution in [0.2, 0.25) is 5.02 Å². The summed E-state index contributed by atoms with van der Waals surface area (Å²) in [7, 11) is 0. The SMILES string of the molecule is Cc1cc(Cl)ccc1CC(F)(F)F. The van der Waals surface area contributed by atoms with Crippen LogP contribution in [0.3, 0.4) is 0 Å². The maximum atomic E-state index is 12.0. The van der Waals surface area contributed by atoms with Crippen molar-refractivity contribution >= 4 is 11.6 Å². The summed E-state index contributed by atoms with van der Waals surface area (Å²) in [5.41, 5.74) is 0.849. The third-order valence-electron chi connectivity index (χ3n) is 1.70. The molecule has 0 nitrogen and oxygen atoms in total. The molecule has 0 atom stereocenters. The number of alkyl halides is 3. The van der Waals surface area contributed by atoms with E-state index in [1.807, 2.05) is 0 Å². The maximum Gasteiger partial charge on any atom is 0.393 e. The minimum absolute atomic E-state index is 0.275. The second-order valence-electron chi connectivity index (χ2n) is 2.86. The standard InChI is InChI=1S/C9H8ClF3/c1-6-4-8(10)3-2-7(6)5-9(11,12)13/h2-4H,5H2,1H3. The number of rotatable bonds is 1. The summed E-state index contributed by atoms with van der Waals surface area (Å²) in [6.45, 7) is 1.62. The highest BCUT2D eigenvalue weighted by Gasteiger charge is 2.28. The normalized spacial score (nSPS) is 11.8. The van der Waals surface area contributed by atoms with Gasteiger partial charge in [-0.1, -0.05) is 17.7 Å². The monoisotopic (exact) mass is 208 g/mol. The van der Waals surface area contributed by atoms with Crippen LogP contribution < -0.4 is 0 Å². The van der Waals surface area contributed by atoms with Crippen LogP contribution in [0.5, 0.6) is 0 Å². The zero-order valence-electron chi connectivity index (χ0n) is 6.95. The highest BCUT2D eigenvalue weighted by Crippen LogP contribution is 2.24. The highest BCUT2D eigenvalue weighted by atomic mass is 35.5. The molecule has 1 rings (SSSR count). The first-order valence-electron chi connectivity index (χ1n) is 3.70. The van der Waals surface area contributed by atoms with E-state index in [0.717, 1.165) is 0 Å². The molecule has 1 aromatic rings. The second-order valence-corrected chi connectivity index (χ2v) is 3.30. The van der Waals surface area contributed by atoms with Crippen LogP contribution in [0.15, 0.2) is 18.2 Å². The quantitative estimate of drug-likeness (QED) is 0.659. The van der Waals surface area contributed by atoms with Crippen LogP contribution in [-0.2, 0) is 6.42 Å². The molecule has 13 heavy (non-hydrogen) atoms. The second kappa shape index (κ2) is 3.58. The van der Waals surface area contributed by atoms with Crippen LogP contribution in [0.4, 0.5) is 13.2 Å². The molecule has 0 unspecified atom stereocenters. The zero-order valence-corrected chi connectivity index (χ0v) is 7.71. The first-order chi connectivity index (χ1) is 5.88. The molecule has 0 aliphatic heterocycles. The molecule has 0 saturated heterocycles. The van der Waals surface area contributed by atoms with E-state index in [9.17, 15) is 13.2 Å².